The molecule has 21 nitrogen and oxygen atoms in total. The fraction of sp³-hybridized carbons (Fsp3) is 0.442. The minimum absolute atomic E-state index is 0.183. The Morgan fingerprint density at radius 1 is 0.672 bits per heavy atom. The zero-order chi connectivity index (χ0) is 55.5. The van der Waals surface area contributed by atoms with Gasteiger partial charge in [0.05, 0.1) is 40.0 Å². The van der Waals surface area contributed by atoms with Crippen molar-refractivity contribution in [2.45, 2.75) is 69.3 Å². The van der Waals surface area contributed by atoms with Gasteiger partial charge in [-0.3, -0.25) is 23.7 Å². The van der Waals surface area contributed by atoms with Gasteiger partial charge in [0.15, 0.2) is 11.2 Å². The van der Waals surface area contributed by atoms with Crippen LogP contribution in [0.2, 0.25) is 0 Å². The number of likely N-dealkylation sites (N-methyl/N-ethyl adjacent to an activating group) is 1. The maximum atomic E-state index is 10.3. The van der Waals surface area contributed by atoms with E-state index in [4.69, 9.17) is 56.2 Å². The summed E-state index contributed by atoms with van der Waals surface area (Å²) >= 11 is 0. The normalized spacial score (nSPS) is 16.0. The Morgan fingerprint density at radius 3 is 1.36 bits per heavy atom. The van der Waals surface area contributed by atoms with E-state index in [0.717, 1.165) is 15.8 Å². The van der Waals surface area contributed by atoms with E-state index in [9.17, 15) is 33.9 Å². The van der Waals surface area contributed by atoms with Crippen LogP contribution in [0.25, 0.3) is 0 Å². The van der Waals surface area contributed by atoms with E-state index < -0.39 is 98.8 Å². The highest BCUT2D eigenvalue weighted by Crippen LogP contribution is 2.27. The van der Waals surface area contributed by atoms with Crippen molar-refractivity contribution >= 4 is 35.8 Å². The number of aryl methyl sites for hydroxylation is 2. The summed E-state index contributed by atoms with van der Waals surface area (Å²) in [7, 11) is 3.81. The van der Waals surface area contributed by atoms with Crippen molar-refractivity contribution in [3.8, 4) is 0 Å². The summed E-state index contributed by atoms with van der Waals surface area (Å²) in [5.41, 5.74) is -4.02. The van der Waals surface area contributed by atoms with Crippen molar-refractivity contribution in [3.63, 3.8) is 0 Å². The van der Waals surface area contributed by atoms with Crippen LogP contribution >= 0.6 is 0 Å². The summed E-state index contributed by atoms with van der Waals surface area (Å²) in [6.07, 6.45) is -4.42. The number of carboxylic acids is 6. The largest absolute Gasteiger partial charge is 0.550 e. The van der Waals surface area contributed by atoms with Gasteiger partial charge in [0.2, 0.25) is 0 Å². The van der Waals surface area contributed by atoms with Crippen LogP contribution in [-0.2, 0) is 52.2 Å². The second kappa shape index (κ2) is 27.5. The first-order valence-corrected chi connectivity index (χ1v) is 19.0. The summed E-state index contributed by atoms with van der Waals surface area (Å²) in [6.45, 7) is 0.496. The maximum absolute atomic E-state index is 10.3. The molecule has 352 valence electrons. The van der Waals surface area contributed by atoms with Gasteiger partial charge in [0.1, 0.15) is 12.2 Å². The van der Waals surface area contributed by atoms with E-state index in [-0.39, 0.29) is 18.0 Å². The van der Waals surface area contributed by atoms with Gasteiger partial charge in [0, 0.05) is 60.1 Å². The molecular formula is C43H58N5O16-. The number of aromatic nitrogens is 4. The molecule has 0 aliphatic rings. The Kier molecular flexibility index (Phi) is 18.4. The third-order valence-electron chi connectivity index (χ3n) is 8.11. The quantitative estimate of drug-likeness (QED) is 0.0591. The standard InChI is InChI=1S/C16H22N2O.C15H21N3O.2C6H8O7/c1-13(2)10-12-19-16(14-7-5-4-6-8-14)15-9-11-17-18(15)3;1-17(2)11-12-19-15(13-7-5-4-6-8-13)14-9-10-16-18(14)3;2*7-3(8)1-6(13,5(11)12)2-4(9)10/h4-9,11,13,16H,10,12H2,1-3H3;4-10,15H,11-12H2,1-3H3;2*13H,1-2H2,(H,7,8)(H,9,10)(H,11,12)/p-1/i3D3,16D;3D3,15D;;. The summed E-state index contributed by atoms with van der Waals surface area (Å²) in [5, 5.41) is 77.1. The molecule has 4 aromatic rings. The molecule has 64 heavy (non-hydrogen) atoms. The number of carbonyl (C=O) groups is 6. The molecule has 0 saturated heterocycles. The van der Waals surface area contributed by atoms with Gasteiger partial charge in [-0.15, -0.1) is 0 Å². The zero-order valence-corrected chi connectivity index (χ0v) is 35.4. The van der Waals surface area contributed by atoms with E-state index in [1.54, 1.807) is 48.5 Å². The highest BCUT2D eigenvalue weighted by atomic mass is 16.5. The molecule has 0 aliphatic heterocycles. The number of aliphatic hydroxyl groups is 2. The SMILES string of the molecule is O=C(O)CC(O)(CC(=O)O)C(=O)O.O=C([O-])CC(O)(CC(=O)O)C(=O)O.[2H]C(OCCC(C)C)(c1ccccc1)c1ccnn1C([2H])([2H])[2H].[2H]C(OCCN(C)C)(c1ccccc1)c1ccnn1C([2H])([2H])[2H]. The van der Waals surface area contributed by atoms with E-state index in [1.807, 2.05) is 31.1 Å². The number of benzene rings is 2. The van der Waals surface area contributed by atoms with Crippen LogP contribution < -0.4 is 5.11 Å². The first-order chi connectivity index (χ1) is 33.1. The van der Waals surface area contributed by atoms with E-state index in [0.29, 0.717) is 30.2 Å². The van der Waals surface area contributed by atoms with Crippen molar-refractivity contribution in [2.75, 3.05) is 33.9 Å². The lowest BCUT2D eigenvalue weighted by Crippen LogP contribution is -2.45. The molecule has 0 bridgehead atoms. The van der Waals surface area contributed by atoms with Gasteiger partial charge in [0.25, 0.3) is 0 Å². The average Bonchev–Trinajstić information content (AvgIpc) is 3.96. The van der Waals surface area contributed by atoms with E-state index in [1.165, 1.54) is 24.5 Å². The molecule has 0 saturated carbocycles. The Morgan fingerprint density at radius 2 is 1.05 bits per heavy atom. The van der Waals surface area contributed by atoms with E-state index in [2.05, 4.69) is 24.0 Å². The second-order valence-corrected chi connectivity index (χ2v) is 14.3. The molecule has 7 N–H and O–H groups in total. The molecular weight excluding hydrogens is 842 g/mol. The number of ether oxygens (including phenoxy) is 2. The van der Waals surface area contributed by atoms with Crippen molar-refractivity contribution < 1.29 is 90.1 Å². The van der Waals surface area contributed by atoms with Gasteiger partial charge in [-0.1, -0.05) is 74.5 Å². The van der Waals surface area contributed by atoms with Gasteiger partial charge >= 0.3 is 29.8 Å². The van der Waals surface area contributed by atoms with Crippen LogP contribution in [0.4, 0.5) is 0 Å². The van der Waals surface area contributed by atoms with Crippen molar-refractivity contribution in [2.24, 2.45) is 19.9 Å². The third kappa shape index (κ3) is 20.6. The summed E-state index contributed by atoms with van der Waals surface area (Å²) in [4.78, 5) is 62.7. The first-order valence-electron chi connectivity index (χ1n) is 23.0. The summed E-state index contributed by atoms with van der Waals surface area (Å²) in [6, 6.07) is 21.0. The molecule has 0 spiro atoms. The fourth-order valence-corrected chi connectivity index (χ4v) is 4.88. The van der Waals surface area contributed by atoms with Crippen molar-refractivity contribution in [3.05, 3.63) is 108 Å². The highest BCUT2D eigenvalue weighted by molar-refractivity contribution is 5.88. The number of aliphatic carboxylic acids is 6. The highest BCUT2D eigenvalue weighted by Gasteiger charge is 2.41. The topological polar surface area (TPSA) is 324 Å². The fourth-order valence-electron chi connectivity index (χ4n) is 4.88. The maximum Gasteiger partial charge on any atom is 0.336 e. The molecule has 2 heterocycles. The zero-order valence-electron chi connectivity index (χ0n) is 43.4. The number of nitrogens with zero attached hydrogens (tertiary/aromatic N) is 5. The molecule has 3 unspecified atom stereocenters. The van der Waals surface area contributed by atoms with Crippen LogP contribution in [-0.4, -0.2) is 141 Å². The molecule has 3 atom stereocenters. The van der Waals surface area contributed by atoms with Gasteiger partial charge in [-0.2, -0.15) is 10.2 Å². The Hall–Kier alpha value is -6.52. The minimum atomic E-state index is -2.80. The van der Waals surface area contributed by atoms with Crippen LogP contribution in [0.15, 0.2) is 85.2 Å². The van der Waals surface area contributed by atoms with Crippen LogP contribution in [0, 0.1) is 5.92 Å². The lowest BCUT2D eigenvalue weighted by Gasteiger charge is -2.21. The second-order valence-electron chi connectivity index (χ2n) is 14.3. The predicted molar refractivity (Wildman–Crippen MR) is 224 cm³/mol. The molecule has 2 aromatic carbocycles. The monoisotopic (exact) mass is 908 g/mol. The molecule has 2 aromatic heterocycles. The summed E-state index contributed by atoms with van der Waals surface area (Å²) in [5.74, 6) is -9.92. The Bertz CT molecular complexity index is 2190. The van der Waals surface area contributed by atoms with Gasteiger partial charge in [-0.05, 0) is 49.7 Å². The molecule has 21 heteroatoms. The average molecular weight is 909 g/mol. The molecule has 4 rings (SSSR count). The third-order valence-corrected chi connectivity index (χ3v) is 8.11. The number of hydrogen-bond donors (Lipinski definition) is 7. The minimum Gasteiger partial charge on any atom is -0.550 e. The number of carboxylic acid groups (broad SMARTS) is 6. The molecule has 0 amide bonds. The lowest BCUT2D eigenvalue weighted by molar-refractivity contribution is -0.309. The van der Waals surface area contributed by atoms with Gasteiger partial charge in [-0.25, -0.2) is 9.59 Å². The van der Waals surface area contributed by atoms with Crippen LogP contribution in [0.5, 0.6) is 0 Å². The number of rotatable bonds is 22. The lowest BCUT2D eigenvalue weighted by atomic mass is 9.96. The van der Waals surface area contributed by atoms with Gasteiger partial charge < -0.3 is 60.0 Å². The smallest absolute Gasteiger partial charge is 0.336 e. The Labute approximate surface area is 381 Å². The Balaban J connectivity index is 0.000000499. The van der Waals surface area contributed by atoms with Crippen molar-refractivity contribution in [1.29, 1.82) is 0 Å². The van der Waals surface area contributed by atoms with Crippen LogP contribution in [0.3, 0.4) is 0 Å². The summed E-state index contributed by atoms with van der Waals surface area (Å²) < 4.78 is 76.8. The molecule has 0 radical (unpaired) electrons. The predicted octanol–water partition coefficient (Wildman–Crippen LogP) is 1.83. The van der Waals surface area contributed by atoms with E-state index >= 15 is 0 Å². The first kappa shape index (κ1) is 42.8. The molecule has 0 aliphatic carbocycles. The number of hydrogen-bond acceptors (Lipinski definition) is 14. The number of carbonyl (C=O) groups excluding carboxylic acids is 1. The van der Waals surface area contributed by atoms with Crippen molar-refractivity contribution in [1.82, 2.24) is 24.5 Å². The van der Waals surface area contributed by atoms with Crippen LogP contribution in [0.1, 0.15) is 91.6 Å². The molecule has 0 fully saturated rings.